The first-order valence-electron chi connectivity index (χ1n) is 14.7. The summed E-state index contributed by atoms with van der Waals surface area (Å²) in [5, 5.41) is 21.6. The number of aliphatic carboxylic acids is 1. The lowest BCUT2D eigenvalue weighted by Crippen LogP contribution is -2.26. The fourth-order valence-electron chi connectivity index (χ4n) is 5.25. The molecular formula is C33H36FN5O7. The van der Waals surface area contributed by atoms with Crippen molar-refractivity contribution in [3.05, 3.63) is 93.9 Å². The largest absolute Gasteiger partial charge is 0.496 e. The van der Waals surface area contributed by atoms with Crippen LogP contribution in [-0.2, 0) is 20.9 Å². The van der Waals surface area contributed by atoms with Gasteiger partial charge in [0.25, 0.3) is 5.56 Å². The summed E-state index contributed by atoms with van der Waals surface area (Å²) in [7, 11) is 4.78. The molecule has 5 N–H and O–H groups in total. The van der Waals surface area contributed by atoms with E-state index in [1.165, 1.54) is 31.5 Å². The van der Waals surface area contributed by atoms with Gasteiger partial charge in [-0.2, -0.15) is 0 Å². The van der Waals surface area contributed by atoms with Gasteiger partial charge >= 0.3 is 12.1 Å². The molecule has 1 heterocycles. The molecule has 1 fully saturated rings. The summed E-state index contributed by atoms with van der Waals surface area (Å²) in [6.07, 6.45) is 1.03. The highest BCUT2D eigenvalue weighted by atomic mass is 19.1. The van der Waals surface area contributed by atoms with Crippen LogP contribution in [-0.4, -0.2) is 56.1 Å². The van der Waals surface area contributed by atoms with Crippen molar-refractivity contribution in [2.75, 3.05) is 43.6 Å². The Labute approximate surface area is 264 Å². The Hall–Kier alpha value is -5.14. The number of benzene rings is 3. The molecule has 4 aromatic rings. The third-order valence-electron chi connectivity index (χ3n) is 7.63. The summed E-state index contributed by atoms with van der Waals surface area (Å²) in [5.74, 6) is -1.11. The van der Waals surface area contributed by atoms with Crippen molar-refractivity contribution < 1.29 is 33.4 Å². The highest BCUT2D eigenvalue weighted by Crippen LogP contribution is 2.35. The highest BCUT2D eigenvalue weighted by molar-refractivity contribution is 5.87. The molecule has 1 aliphatic carbocycles. The van der Waals surface area contributed by atoms with Crippen molar-refractivity contribution in [3.8, 4) is 5.75 Å². The molecule has 1 saturated carbocycles. The van der Waals surface area contributed by atoms with Gasteiger partial charge in [0.15, 0.2) is 12.2 Å². The van der Waals surface area contributed by atoms with Gasteiger partial charge in [-0.25, -0.2) is 14.0 Å². The minimum Gasteiger partial charge on any atom is -0.496 e. The predicted octanol–water partition coefficient (Wildman–Crippen LogP) is 5.28. The smallest absolute Gasteiger partial charge is 0.411 e. The van der Waals surface area contributed by atoms with Crippen molar-refractivity contribution in [2.45, 2.75) is 37.6 Å². The number of carbonyl (C=O) groups is 2. The van der Waals surface area contributed by atoms with Crippen molar-refractivity contribution in [1.82, 2.24) is 10.3 Å². The van der Waals surface area contributed by atoms with Gasteiger partial charge in [-0.3, -0.25) is 20.0 Å². The zero-order valence-corrected chi connectivity index (χ0v) is 25.6. The van der Waals surface area contributed by atoms with Gasteiger partial charge in [0, 0.05) is 35.1 Å². The summed E-state index contributed by atoms with van der Waals surface area (Å²) in [4.78, 5) is 45.2. The van der Waals surface area contributed by atoms with Gasteiger partial charge in [-0.1, -0.05) is 18.2 Å². The second kappa shape index (κ2) is 14.3. The van der Waals surface area contributed by atoms with Gasteiger partial charge in [0.2, 0.25) is 0 Å². The van der Waals surface area contributed by atoms with Gasteiger partial charge in [0.1, 0.15) is 12.4 Å². The zero-order chi connectivity index (χ0) is 32.8. The normalized spacial score (nSPS) is 13.9. The van der Waals surface area contributed by atoms with E-state index in [-0.39, 0.29) is 22.4 Å². The van der Waals surface area contributed by atoms with Gasteiger partial charge in [0.05, 0.1) is 25.9 Å². The summed E-state index contributed by atoms with van der Waals surface area (Å²) in [5.41, 5.74) is 2.76. The maximum Gasteiger partial charge on any atom is 0.411 e. The van der Waals surface area contributed by atoms with E-state index >= 15 is 4.39 Å². The number of hydrogen-bond acceptors (Lipinski definition) is 9. The molecule has 1 amide bonds. The van der Waals surface area contributed by atoms with E-state index < -0.39 is 30.9 Å². The number of H-pyrrole nitrogens is 1. The van der Waals surface area contributed by atoms with E-state index in [1.807, 2.05) is 18.2 Å². The van der Waals surface area contributed by atoms with Crippen LogP contribution in [0, 0.1) is 0 Å². The average molecular weight is 634 g/mol. The number of anilines is 3. The Kier molecular flexibility index (Phi) is 10.0. The number of nitrogens with zero attached hydrogens (tertiary/aromatic N) is 1. The Balaban J connectivity index is 1.24. The lowest BCUT2D eigenvalue weighted by molar-refractivity contribution is -0.138. The number of carboxylic acids is 1. The van der Waals surface area contributed by atoms with Crippen LogP contribution in [0.3, 0.4) is 0 Å². The third kappa shape index (κ3) is 7.38. The maximum atomic E-state index is 15.4. The molecule has 242 valence electrons. The van der Waals surface area contributed by atoms with Crippen LogP contribution in [0.5, 0.6) is 5.75 Å². The summed E-state index contributed by atoms with van der Waals surface area (Å²) < 4.78 is 25.9. The number of ether oxygens (including phenoxy) is 2. The molecule has 0 spiro atoms. The van der Waals surface area contributed by atoms with Crippen LogP contribution in [0.25, 0.3) is 10.8 Å². The minimum atomic E-state index is -1.76. The number of aromatic amines is 1. The fraction of sp³-hybridized carbons (Fsp3) is 0.303. The number of carboxylic acid groups (broad SMARTS) is 1. The standard InChI is InChI=1S/C33H36FN5O7/c1-35-17-21-14-22(7-11-28(21)39(45-3)24-8-9-24)38-33(43)46-18-27(34)25-10-5-20(15-29(25)44-2)30(32(41)42)37-23-6-4-19-12-13-36-31(40)26(19)16-23/h4-7,10-16,24,27,30,35,37H,8-9,17-18H2,1-3H3,(H,36,40)(H,38,43)(H,41,42)/t27-,30?/m0/s1. The molecule has 13 heteroatoms. The van der Waals surface area contributed by atoms with Gasteiger partial charge < -0.3 is 30.2 Å². The molecule has 46 heavy (non-hydrogen) atoms. The monoisotopic (exact) mass is 633 g/mol. The summed E-state index contributed by atoms with van der Waals surface area (Å²) in [6, 6.07) is 15.4. The van der Waals surface area contributed by atoms with Crippen LogP contribution in [0.1, 0.15) is 41.7 Å². The summed E-state index contributed by atoms with van der Waals surface area (Å²) in [6.45, 7) is -0.0659. The molecule has 1 unspecified atom stereocenters. The lowest BCUT2D eigenvalue weighted by atomic mass is 10.0. The fourth-order valence-corrected chi connectivity index (χ4v) is 5.25. The Morgan fingerprint density at radius 1 is 1.07 bits per heavy atom. The Bertz CT molecular complexity index is 1780. The molecular weight excluding hydrogens is 597 g/mol. The molecule has 1 aliphatic rings. The third-order valence-corrected chi connectivity index (χ3v) is 7.63. The average Bonchev–Trinajstić information content (AvgIpc) is 3.89. The first kappa shape index (κ1) is 32.3. The Morgan fingerprint density at radius 2 is 1.85 bits per heavy atom. The van der Waals surface area contributed by atoms with Crippen LogP contribution in [0.4, 0.5) is 26.2 Å². The van der Waals surface area contributed by atoms with Crippen molar-refractivity contribution in [2.24, 2.45) is 0 Å². The van der Waals surface area contributed by atoms with Crippen LogP contribution in [0.15, 0.2) is 71.7 Å². The van der Waals surface area contributed by atoms with Gasteiger partial charge in [-0.15, -0.1) is 0 Å². The maximum absolute atomic E-state index is 15.4. The van der Waals surface area contributed by atoms with Crippen LogP contribution >= 0.6 is 0 Å². The van der Waals surface area contributed by atoms with E-state index in [4.69, 9.17) is 14.3 Å². The first-order chi connectivity index (χ1) is 22.2. The number of hydroxylamine groups is 1. The topological polar surface area (TPSA) is 154 Å². The first-order valence-corrected chi connectivity index (χ1v) is 14.7. The van der Waals surface area contributed by atoms with E-state index in [0.717, 1.165) is 24.1 Å². The number of hydrogen-bond donors (Lipinski definition) is 5. The van der Waals surface area contributed by atoms with Crippen molar-refractivity contribution in [1.29, 1.82) is 0 Å². The molecule has 0 saturated heterocycles. The Morgan fingerprint density at radius 3 is 2.54 bits per heavy atom. The van der Waals surface area contributed by atoms with Crippen molar-refractivity contribution >= 4 is 39.9 Å². The van der Waals surface area contributed by atoms with Crippen LogP contribution in [0.2, 0.25) is 0 Å². The number of methoxy groups -OCH3 is 1. The number of pyridine rings is 1. The van der Waals surface area contributed by atoms with E-state index in [2.05, 4.69) is 20.9 Å². The van der Waals surface area contributed by atoms with Crippen molar-refractivity contribution in [3.63, 3.8) is 0 Å². The number of nitrogens with one attached hydrogen (secondary N) is 4. The number of fused-ring (bicyclic) bond motifs is 1. The number of amides is 1. The highest BCUT2D eigenvalue weighted by Gasteiger charge is 2.31. The molecule has 3 aromatic carbocycles. The molecule has 5 rings (SSSR count). The molecule has 0 aliphatic heterocycles. The number of carbonyl (C=O) groups excluding carboxylic acids is 1. The molecule has 1 aromatic heterocycles. The zero-order valence-electron chi connectivity index (χ0n) is 25.6. The SMILES string of the molecule is CNCc1cc(NC(=O)OC[C@H](F)c2ccc(C(Nc3ccc4cc[nH]c(=O)c4c3)C(=O)O)cc2OC)ccc1N(OC)C1CC1. The van der Waals surface area contributed by atoms with E-state index in [1.54, 1.807) is 43.5 Å². The quantitative estimate of drug-likeness (QED) is 0.116. The number of halogens is 1. The van der Waals surface area contributed by atoms with Gasteiger partial charge in [-0.05, 0) is 78.9 Å². The predicted molar refractivity (Wildman–Crippen MR) is 172 cm³/mol. The second-order valence-electron chi connectivity index (χ2n) is 10.8. The number of rotatable bonds is 14. The second-order valence-corrected chi connectivity index (χ2v) is 10.8. The molecule has 0 bridgehead atoms. The van der Waals surface area contributed by atoms with E-state index in [0.29, 0.717) is 34.7 Å². The molecule has 12 nitrogen and oxygen atoms in total. The lowest BCUT2D eigenvalue weighted by Gasteiger charge is -2.25. The summed E-state index contributed by atoms with van der Waals surface area (Å²) >= 11 is 0. The molecule has 0 radical (unpaired) electrons. The number of alkyl halides is 1. The van der Waals surface area contributed by atoms with Crippen LogP contribution < -0.4 is 31.3 Å². The number of aromatic nitrogens is 1. The van der Waals surface area contributed by atoms with E-state index in [9.17, 15) is 19.5 Å². The minimum absolute atomic E-state index is 0.0841. The molecule has 2 atom stereocenters.